The minimum atomic E-state index is -4.37. The molecule has 0 fully saturated rings. The number of hydrogen-bond donors (Lipinski definition) is 1. The van der Waals surface area contributed by atoms with Gasteiger partial charge in [0.2, 0.25) is 0 Å². The summed E-state index contributed by atoms with van der Waals surface area (Å²) >= 11 is 11.2. The number of halogens is 4. The Bertz CT molecular complexity index is 803. The van der Waals surface area contributed by atoms with Crippen molar-refractivity contribution in [1.82, 2.24) is 0 Å². The summed E-state index contributed by atoms with van der Waals surface area (Å²) in [6, 6.07) is 12.9. The topological polar surface area (TPSA) is 24.4 Å². The van der Waals surface area contributed by atoms with E-state index in [1.54, 1.807) is 42.5 Å². The zero-order chi connectivity index (χ0) is 17.3. The van der Waals surface area contributed by atoms with Crippen LogP contribution in [0.3, 0.4) is 0 Å². The Labute approximate surface area is 147 Å². The summed E-state index contributed by atoms with van der Waals surface area (Å²) in [7, 11) is 0. The molecular formula is C17H12ClF3N2S. The number of nitrogens with one attached hydrogen (secondary N) is 1. The van der Waals surface area contributed by atoms with E-state index in [9.17, 15) is 13.2 Å². The Balaban J connectivity index is 2.16. The maximum Gasteiger partial charge on any atom is 0.391 e. The Morgan fingerprint density at radius 2 is 1.83 bits per heavy atom. The molecular weight excluding hydrogens is 357 g/mol. The Kier molecular flexibility index (Phi) is 4.60. The van der Waals surface area contributed by atoms with Crippen LogP contribution in [0.4, 0.5) is 18.9 Å². The van der Waals surface area contributed by atoms with Gasteiger partial charge in [0.15, 0.2) is 0 Å². The van der Waals surface area contributed by atoms with E-state index in [2.05, 4.69) is 10.3 Å². The molecule has 1 aliphatic rings. The maximum absolute atomic E-state index is 12.9. The number of alkyl halides is 3. The first kappa shape index (κ1) is 16.9. The predicted molar refractivity (Wildman–Crippen MR) is 94.2 cm³/mol. The molecule has 1 atom stereocenters. The van der Waals surface area contributed by atoms with Crippen LogP contribution in [0, 0.1) is 0 Å². The number of hydrogen-bond acceptors (Lipinski definition) is 2. The average molecular weight is 369 g/mol. The van der Waals surface area contributed by atoms with Gasteiger partial charge < -0.3 is 5.32 Å². The molecule has 0 saturated carbocycles. The molecule has 2 aromatic carbocycles. The van der Waals surface area contributed by atoms with Gasteiger partial charge in [-0.25, -0.2) is 0 Å². The number of benzodiazepines with no additional fused rings is 1. The molecule has 1 N–H and O–H groups in total. The number of nitrogens with zero attached hydrogens (tertiary/aromatic N) is 1. The molecule has 0 saturated heterocycles. The van der Waals surface area contributed by atoms with E-state index in [4.69, 9.17) is 23.8 Å². The fourth-order valence-electron chi connectivity index (χ4n) is 2.51. The van der Waals surface area contributed by atoms with E-state index in [0.29, 0.717) is 27.5 Å². The molecule has 0 aromatic heterocycles. The number of thiocarbonyl (C=S) groups is 1. The zero-order valence-electron chi connectivity index (χ0n) is 12.3. The van der Waals surface area contributed by atoms with E-state index >= 15 is 0 Å². The largest absolute Gasteiger partial charge is 0.391 e. The number of anilines is 1. The Morgan fingerprint density at radius 3 is 2.50 bits per heavy atom. The van der Waals surface area contributed by atoms with Gasteiger partial charge in [0.25, 0.3) is 0 Å². The first-order valence-corrected chi connectivity index (χ1v) is 7.93. The molecule has 0 bridgehead atoms. The summed E-state index contributed by atoms with van der Waals surface area (Å²) in [5.74, 6) is 0. The van der Waals surface area contributed by atoms with Crippen LogP contribution in [0.25, 0.3) is 0 Å². The fraction of sp³-hybridized carbons (Fsp3) is 0.176. The van der Waals surface area contributed by atoms with Gasteiger partial charge in [-0.2, -0.15) is 13.2 Å². The van der Waals surface area contributed by atoms with E-state index < -0.39 is 18.6 Å². The molecule has 3 rings (SSSR count). The van der Waals surface area contributed by atoms with Gasteiger partial charge >= 0.3 is 6.18 Å². The van der Waals surface area contributed by atoms with Gasteiger partial charge in [-0.15, -0.1) is 0 Å². The van der Waals surface area contributed by atoms with Crippen LogP contribution in [-0.4, -0.2) is 22.9 Å². The minimum absolute atomic E-state index is 0.0434. The third kappa shape index (κ3) is 3.76. The highest BCUT2D eigenvalue weighted by Gasteiger charge is 2.35. The smallest absolute Gasteiger partial charge is 0.348 e. The monoisotopic (exact) mass is 368 g/mol. The van der Waals surface area contributed by atoms with Gasteiger partial charge in [-0.05, 0) is 18.2 Å². The van der Waals surface area contributed by atoms with Gasteiger partial charge in [0, 0.05) is 21.8 Å². The molecule has 24 heavy (non-hydrogen) atoms. The fourth-order valence-corrected chi connectivity index (χ4v) is 2.92. The van der Waals surface area contributed by atoms with Crippen LogP contribution in [0.15, 0.2) is 53.5 Å². The molecule has 1 aliphatic heterocycles. The van der Waals surface area contributed by atoms with Crippen molar-refractivity contribution < 1.29 is 13.2 Å². The van der Waals surface area contributed by atoms with Crippen molar-refractivity contribution in [2.24, 2.45) is 4.99 Å². The normalized spacial score (nSPS) is 17.6. The highest BCUT2D eigenvalue weighted by Crippen LogP contribution is 2.31. The van der Waals surface area contributed by atoms with Crippen LogP contribution in [-0.2, 0) is 0 Å². The Hall–Kier alpha value is -1.92. The maximum atomic E-state index is 12.9. The number of aliphatic imine (C=N–C) groups is 1. The van der Waals surface area contributed by atoms with Crippen molar-refractivity contribution in [3.63, 3.8) is 0 Å². The number of benzene rings is 2. The summed E-state index contributed by atoms with van der Waals surface area (Å²) in [4.78, 5) is 4.37. The van der Waals surface area contributed by atoms with Gasteiger partial charge in [0.1, 0.15) is 11.0 Å². The molecule has 0 spiro atoms. The lowest BCUT2D eigenvalue weighted by Gasteiger charge is -2.15. The van der Waals surface area contributed by atoms with Gasteiger partial charge in [-0.3, -0.25) is 4.99 Å². The van der Waals surface area contributed by atoms with Crippen molar-refractivity contribution in [3.8, 4) is 0 Å². The zero-order valence-corrected chi connectivity index (χ0v) is 13.8. The average Bonchev–Trinajstić information content (AvgIpc) is 2.64. The van der Waals surface area contributed by atoms with Crippen LogP contribution in [0.5, 0.6) is 0 Å². The van der Waals surface area contributed by atoms with Crippen molar-refractivity contribution in [2.45, 2.75) is 18.6 Å². The van der Waals surface area contributed by atoms with Crippen molar-refractivity contribution in [2.75, 3.05) is 5.32 Å². The molecule has 2 nitrogen and oxygen atoms in total. The van der Waals surface area contributed by atoms with Crippen LogP contribution in [0.2, 0.25) is 5.02 Å². The second-order valence-corrected chi connectivity index (χ2v) is 6.23. The summed E-state index contributed by atoms with van der Waals surface area (Å²) in [6.07, 6.45) is -5.48. The Morgan fingerprint density at radius 1 is 1.12 bits per heavy atom. The number of rotatable bonds is 2. The molecule has 1 heterocycles. The molecule has 0 unspecified atom stereocenters. The second kappa shape index (κ2) is 6.53. The number of fused-ring (bicyclic) bond motifs is 1. The first-order valence-electron chi connectivity index (χ1n) is 7.14. The third-order valence-corrected chi connectivity index (χ3v) is 4.16. The quantitative estimate of drug-likeness (QED) is 0.732. The summed E-state index contributed by atoms with van der Waals surface area (Å²) in [6.45, 7) is 0. The highest BCUT2D eigenvalue weighted by molar-refractivity contribution is 7.80. The minimum Gasteiger partial charge on any atom is -0.348 e. The molecule has 0 radical (unpaired) electrons. The predicted octanol–water partition coefficient (Wildman–Crippen LogP) is 5.25. The van der Waals surface area contributed by atoms with E-state index in [1.165, 1.54) is 0 Å². The van der Waals surface area contributed by atoms with E-state index in [0.717, 1.165) is 0 Å². The summed E-state index contributed by atoms with van der Waals surface area (Å²) < 4.78 is 38.7. The first-order chi connectivity index (χ1) is 11.3. The SMILES string of the molecule is FC(F)(F)C[C@@H]1N=C(c2ccccc2)c2cc(Cl)ccc2NC1=S. The lowest BCUT2D eigenvalue weighted by Crippen LogP contribution is -2.29. The van der Waals surface area contributed by atoms with Crippen LogP contribution >= 0.6 is 23.8 Å². The molecule has 0 amide bonds. The molecule has 124 valence electrons. The summed E-state index contributed by atoms with van der Waals surface area (Å²) in [5, 5.41) is 3.35. The van der Waals surface area contributed by atoms with Crippen molar-refractivity contribution in [1.29, 1.82) is 0 Å². The van der Waals surface area contributed by atoms with Gasteiger partial charge in [0.05, 0.1) is 12.1 Å². The lowest BCUT2D eigenvalue weighted by atomic mass is 10.0. The summed E-state index contributed by atoms with van der Waals surface area (Å²) in [5.41, 5.74) is 2.37. The molecule has 0 aliphatic carbocycles. The molecule has 2 aromatic rings. The second-order valence-electron chi connectivity index (χ2n) is 5.36. The lowest BCUT2D eigenvalue weighted by molar-refractivity contribution is -0.134. The van der Waals surface area contributed by atoms with Crippen LogP contribution < -0.4 is 5.32 Å². The standard InChI is InChI=1S/C17H12ClF3N2S/c18-11-6-7-13-12(8-11)15(10-4-2-1-3-5-10)22-14(16(24)23-13)9-17(19,20)21/h1-8,14H,9H2,(H,23,24)/t14-/m0/s1. The van der Waals surface area contributed by atoms with Crippen molar-refractivity contribution in [3.05, 3.63) is 64.7 Å². The van der Waals surface area contributed by atoms with E-state index in [1.807, 2.05) is 6.07 Å². The van der Waals surface area contributed by atoms with Gasteiger partial charge in [-0.1, -0.05) is 54.2 Å². The molecule has 7 heteroatoms. The van der Waals surface area contributed by atoms with Crippen LogP contribution in [0.1, 0.15) is 17.5 Å². The van der Waals surface area contributed by atoms with Crippen molar-refractivity contribution >= 4 is 40.2 Å². The third-order valence-electron chi connectivity index (χ3n) is 3.55. The highest BCUT2D eigenvalue weighted by atomic mass is 35.5. The van der Waals surface area contributed by atoms with E-state index in [-0.39, 0.29) is 4.99 Å².